The Morgan fingerprint density at radius 3 is 2.35 bits per heavy atom. The van der Waals surface area contributed by atoms with Crippen molar-refractivity contribution < 1.29 is 9.59 Å². The Bertz CT molecular complexity index is 808. The molecule has 1 atom stereocenters. The van der Waals surface area contributed by atoms with Gasteiger partial charge in [-0.3, -0.25) is 9.59 Å². The third-order valence-electron chi connectivity index (χ3n) is 3.61. The average Bonchev–Trinajstić information content (AvgIpc) is 2.62. The zero-order valence-electron chi connectivity index (χ0n) is 14.4. The summed E-state index contributed by atoms with van der Waals surface area (Å²) in [5, 5.41) is 7.27. The minimum atomic E-state index is -0.745. The van der Waals surface area contributed by atoms with Gasteiger partial charge in [0.05, 0.1) is 16.3 Å². The second-order valence-electron chi connectivity index (χ2n) is 5.97. The van der Waals surface area contributed by atoms with Crippen molar-refractivity contribution in [3.8, 4) is 0 Å². The van der Waals surface area contributed by atoms with Crippen LogP contribution in [-0.4, -0.2) is 24.1 Å². The smallest absolute Gasteiger partial charge is 0.262 e. The first-order valence-corrected chi connectivity index (χ1v) is 8.78. The molecule has 2 N–H and O–H groups in total. The molecule has 7 heteroatoms. The molecule has 0 bridgehead atoms. The summed E-state index contributed by atoms with van der Waals surface area (Å²) in [7, 11) is 0. The summed E-state index contributed by atoms with van der Waals surface area (Å²) >= 11 is 11.8. The molecule has 1 unspecified atom stereocenters. The Hall–Kier alpha value is -2.37. The van der Waals surface area contributed by atoms with Gasteiger partial charge in [0.2, 0.25) is 0 Å². The SMILES string of the molecule is CC(C)C(NC(=O)c1ccc(Cl)c(Cl)c1)C(=O)NN=Cc1ccccc1. The molecule has 2 aromatic carbocycles. The standard InChI is InChI=1S/C19H19Cl2N3O2/c1-12(2)17(19(26)24-22-11-13-6-4-3-5-7-13)23-18(25)14-8-9-15(20)16(21)10-14/h3-12,17H,1-2H3,(H,23,25)(H,24,26). The third kappa shape index (κ3) is 5.58. The van der Waals surface area contributed by atoms with Crippen LogP contribution < -0.4 is 10.7 Å². The van der Waals surface area contributed by atoms with Gasteiger partial charge in [0.25, 0.3) is 11.8 Å². The van der Waals surface area contributed by atoms with Gasteiger partial charge in [-0.1, -0.05) is 67.4 Å². The number of halogens is 2. The Morgan fingerprint density at radius 1 is 1.04 bits per heavy atom. The van der Waals surface area contributed by atoms with Crippen molar-refractivity contribution in [2.75, 3.05) is 0 Å². The van der Waals surface area contributed by atoms with Crippen LogP contribution in [0.15, 0.2) is 53.6 Å². The van der Waals surface area contributed by atoms with Gasteiger partial charge in [-0.05, 0) is 29.7 Å². The molecule has 0 saturated carbocycles. The largest absolute Gasteiger partial charge is 0.340 e. The first-order valence-electron chi connectivity index (χ1n) is 8.02. The number of hydrogen-bond donors (Lipinski definition) is 2. The quantitative estimate of drug-likeness (QED) is 0.578. The van der Waals surface area contributed by atoms with Gasteiger partial charge in [-0.25, -0.2) is 5.43 Å². The van der Waals surface area contributed by atoms with E-state index in [2.05, 4.69) is 15.8 Å². The van der Waals surface area contributed by atoms with E-state index in [0.29, 0.717) is 10.6 Å². The molecule has 0 radical (unpaired) electrons. The summed E-state index contributed by atoms with van der Waals surface area (Å²) < 4.78 is 0. The number of nitrogens with one attached hydrogen (secondary N) is 2. The summed E-state index contributed by atoms with van der Waals surface area (Å²) in [5.41, 5.74) is 3.64. The Labute approximate surface area is 162 Å². The van der Waals surface area contributed by atoms with Crippen LogP contribution in [0.3, 0.4) is 0 Å². The maximum atomic E-state index is 12.4. The lowest BCUT2D eigenvalue weighted by Gasteiger charge is -2.20. The average molecular weight is 392 g/mol. The van der Waals surface area contributed by atoms with Crippen LogP contribution in [0.4, 0.5) is 0 Å². The van der Waals surface area contributed by atoms with Gasteiger partial charge in [0.1, 0.15) is 6.04 Å². The second kappa shape index (κ2) is 9.36. The van der Waals surface area contributed by atoms with E-state index in [1.807, 2.05) is 44.2 Å². The van der Waals surface area contributed by atoms with E-state index >= 15 is 0 Å². The highest BCUT2D eigenvalue weighted by Gasteiger charge is 2.24. The summed E-state index contributed by atoms with van der Waals surface area (Å²) in [6, 6.07) is 13.2. The van der Waals surface area contributed by atoms with Crippen LogP contribution in [-0.2, 0) is 4.79 Å². The van der Waals surface area contributed by atoms with Crippen LogP contribution in [0, 0.1) is 5.92 Å². The van der Waals surface area contributed by atoms with E-state index in [-0.39, 0.29) is 10.9 Å². The molecule has 2 aromatic rings. The molecule has 0 aliphatic rings. The van der Waals surface area contributed by atoms with Crippen molar-refractivity contribution >= 4 is 41.2 Å². The normalized spacial score (nSPS) is 12.2. The molecule has 0 fully saturated rings. The fraction of sp³-hybridized carbons (Fsp3) is 0.211. The lowest BCUT2D eigenvalue weighted by atomic mass is 10.0. The van der Waals surface area contributed by atoms with Gasteiger partial charge >= 0.3 is 0 Å². The molecule has 5 nitrogen and oxygen atoms in total. The van der Waals surface area contributed by atoms with E-state index < -0.39 is 17.9 Å². The van der Waals surface area contributed by atoms with Crippen molar-refractivity contribution in [2.45, 2.75) is 19.9 Å². The number of hydrogen-bond acceptors (Lipinski definition) is 3. The van der Waals surface area contributed by atoms with Crippen molar-refractivity contribution in [2.24, 2.45) is 11.0 Å². The lowest BCUT2D eigenvalue weighted by molar-refractivity contribution is -0.123. The van der Waals surface area contributed by atoms with Gasteiger partial charge in [0, 0.05) is 5.56 Å². The highest BCUT2D eigenvalue weighted by atomic mass is 35.5. The summed E-state index contributed by atoms with van der Waals surface area (Å²) in [6.45, 7) is 3.67. The molecule has 0 aliphatic carbocycles. The number of carbonyl (C=O) groups is 2. The molecule has 0 aliphatic heterocycles. The molecule has 26 heavy (non-hydrogen) atoms. The number of rotatable bonds is 6. The topological polar surface area (TPSA) is 70.6 Å². The van der Waals surface area contributed by atoms with Crippen molar-refractivity contribution in [3.05, 3.63) is 69.7 Å². The van der Waals surface area contributed by atoms with Gasteiger partial charge in [0.15, 0.2) is 0 Å². The van der Waals surface area contributed by atoms with E-state index in [9.17, 15) is 9.59 Å². The molecule has 0 aromatic heterocycles. The summed E-state index contributed by atoms with van der Waals surface area (Å²) in [5.74, 6) is -0.946. The van der Waals surface area contributed by atoms with Crippen molar-refractivity contribution in [1.29, 1.82) is 0 Å². The van der Waals surface area contributed by atoms with Crippen LogP contribution >= 0.6 is 23.2 Å². The van der Waals surface area contributed by atoms with Gasteiger partial charge in [-0.15, -0.1) is 0 Å². The third-order valence-corrected chi connectivity index (χ3v) is 4.34. The van der Waals surface area contributed by atoms with Crippen molar-refractivity contribution in [3.63, 3.8) is 0 Å². The number of benzene rings is 2. The van der Waals surface area contributed by atoms with Crippen LogP contribution in [0.25, 0.3) is 0 Å². The Kier molecular flexibility index (Phi) is 7.18. The predicted molar refractivity (Wildman–Crippen MR) is 105 cm³/mol. The monoisotopic (exact) mass is 391 g/mol. The number of nitrogens with zero attached hydrogens (tertiary/aromatic N) is 1. The number of amides is 2. The van der Waals surface area contributed by atoms with Crippen molar-refractivity contribution in [1.82, 2.24) is 10.7 Å². The minimum Gasteiger partial charge on any atom is -0.340 e. The lowest BCUT2D eigenvalue weighted by Crippen LogP contribution is -2.48. The van der Waals surface area contributed by atoms with E-state index in [1.54, 1.807) is 6.07 Å². The first-order chi connectivity index (χ1) is 12.4. The summed E-state index contributed by atoms with van der Waals surface area (Å²) in [6.07, 6.45) is 1.54. The fourth-order valence-corrected chi connectivity index (χ4v) is 2.47. The highest BCUT2D eigenvalue weighted by molar-refractivity contribution is 6.42. The zero-order chi connectivity index (χ0) is 19.1. The molecular weight excluding hydrogens is 373 g/mol. The minimum absolute atomic E-state index is 0.131. The number of carbonyl (C=O) groups excluding carboxylic acids is 2. The fourth-order valence-electron chi connectivity index (χ4n) is 2.18. The molecule has 0 spiro atoms. The van der Waals surface area contributed by atoms with Crippen LogP contribution in [0.5, 0.6) is 0 Å². The molecular formula is C19H19Cl2N3O2. The molecule has 0 heterocycles. The zero-order valence-corrected chi connectivity index (χ0v) is 15.9. The molecule has 2 rings (SSSR count). The predicted octanol–water partition coefficient (Wildman–Crippen LogP) is 3.90. The first kappa shape index (κ1) is 19.9. The van der Waals surface area contributed by atoms with E-state index in [1.165, 1.54) is 18.3 Å². The molecule has 0 saturated heterocycles. The van der Waals surface area contributed by atoms with Gasteiger partial charge in [-0.2, -0.15) is 5.10 Å². The van der Waals surface area contributed by atoms with Crippen LogP contribution in [0.1, 0.15) is 29.8 Å². The Balaban J connectivity index is 2.03. The Morgan fingerprint density at radius 2 is 1.73 bits per heavy atom. The summed E-state index contributed by atoms with van der Waals surface area (Å²) in [4.78, 5) is 24.8. The highest BCUT2D eigenvalue weighted by Crippen LogP contribution is 2.22. The second-order valence-corrected chi connectivity index (χ2v) is 6.78. The van der Waals surface area contributed by atoms with Gasteiger partial charge < -0.3 is 5.32 Å². The maximum Gasteiger partial charge on any atom is 0.262 e. The number of hydrazone groups is 1. The molecule has 136 valence electrons. The van der Waals surface area contributed by atoms with E-state index in [0.717, 1.165) is 5.56 Å². The maximum absolute atomic E-state index is 12.4. The van der Waals surface area contributed by atoms with E-state index in [4.69, 9.17) is 23.2 Å². The van der Waals surface area contributed by atoms with Crippen LogP contribution in [0.2, 0.25) is 10.0 Å². The molecule has 2 amide bonds.